The van der Waals surface area contributed by atoms with Gasteiger partial charge in [-0.25, -0.2) is 4.98 Å². The van der Waals surface area contributed by atoms with Gasteiger partial charge in [-0.2, -0.15) is 4.57 Å². The van der Waals surface area contributed by atoms with Gasteiger partial charge in [-0.3, -0.25) is 4.79 Å². The Hall–Kier alpha value is -2.81. The zero-order valence-electron chi connectivity index (χ0n) is 12.4. The predicted octanol–water partition coefficient (Wildman–Crippen LogP) is 3.23. The van der Waals surface area contributed by atoms with Crippen molar-refractivity contribution in [3.63, 3.8) is 0 Å². The number of hydrogen-bond acceptors (Lipinski definition) is 2. The number of nitrogens with zero attached hydrogens (tertiary/aromatic N) is 2. The molecule has 3 nitrogen and oxygen atoms in total. The summed E-state index contributed by atoms with van der Waals surface area (Å²) >= 11 is 0. The monoisotopic (exact) mass is 289 g/mol. The molecule has 108 valence electrons. The summed E-state index contributed by atoms with van der Waals surface area (Å²) in [7, 11) is 0. The first-order valence-electron chi connectivity index (χ1n) is 7.23. The van der Waals surface area contributed by atoms with Crippen LogP contribution < -0.4 is 4.57 Å². The Morgan fingerprint density at radius 3 is 2.55 bits per heavy atom. The highest BCUT2D eigenvalue weighted by atomic mass is 16.1. The van der Waals surface area contributed by atoms with E-state index >= 15 is 0 Å². The summed E-state index contributed by atoms with van der Waals surface area (Å²) < 4.78 is 1.88. The van der Waals surface area contributed by atoms with Crippen molar-refractivity contribution in [2.75, 3.05) is 0 Å². The van der Waals surface area contributed by atoms with Crippen molar-refractivity contribution in [2.45, 2.75) is 13.5 Å². The number of ketones is 1. The van der Waals surface area contributed by atoms with Crippen molar-refractivity contribution in [3.8, 4) is 11.3 Å². The van der Waals surface area contributed by atoms with Crippen LogP contribution in [0.1, 0.15) is 15.9 Å². The molecule has 0 fully saturated rings. The lowest BCUT2D eigenvalue weighted by molar-refractivity contribution is -0.683. The number of carbonyl (C=O) groups excluding carboxylic acids is 1. The second-order valence-corrected chi connectivity index (χ2v) is 5.22. The van der Waals surface area contributed by atoms with Crippen LogP contribution in [-0.2, 0) is 6.54 Å². The molecule has 3 rings (SSSR count). The maximum absolute atomic E-state index is 12.3. The second-order valence-electron chi connectivity index (χ2n) is 5.22. The summed E-state index contributed by atoms with van der Waals surface area (Å²) in [5.41, 5.74) is 3.86. The van der Waals surface area contributed by atoms with E-state index < -0.39 is 0 Å². The van der Waals surface area contributed by atoms with Gasteiger partial charge in [0.1, 0.15) is 5.69 Å². The molecule has 1 heterocycles. The average molecular weight is 289 g/mol. The minimum absolute atomic E-state index is 0.0903. The second kappa shape index (κ2) is 6.31. The Morgan fingerprint density at radius 1 is 1.05 bits per heavy atom. The van der Waals surface area contributed by atoms with Crippen LogP contribution in [0.4, 0.5) is 0 Å². The highest BCUT2D eigenvalue weighted by molar-refractivity contribution is 5.94. The molecule has 0 aliphatic heterocycles. The third kappa shape index (κ3) is 3.09. The van der Waals surface area contributed by atoms with Gasteiger partial charge in [-0.05, 0) is 12.5 Å². The van der Waals surface area contributed by atoms with E-state index in [9.17, 15) is 4.79 Å². The molecule has 3 aromatic rings. The normalized spacial score (nSPS) is 10.4. The lowest BCUT2D eigenvalue weighted by atomic mass is 10.1. The highest BCUT2D eigenvalue weighted by Gasteiger charge is 2.13. The third-order valence-electron chi connectivity index (χ3n) is 3.60. The van der Waals surface area contributed by atoms with Gasteiger partial charge in [0.15, 0.2) is 12.4 Å². The highest BCUT2D eigenvalue weighted by Crippen LogP contribution is 2.18. The number of aryl methyl sites for hydroxylation is 1. The zero-order chi connectivity index (χ0) is 15.4. The van der Waals surface area contributed by atoms with E-state index in [0.29, 0.717) is 6.54 Å². The summed E-state index contributed by atoms with van der Waals surface area (Å²) in [5.74, 6) is 0.0903. The van der Waals surface area contributed by atoms with E-state index in [0.717, 1.165) is 16.8 Å². The first-order chi connectivity index (χ1) is 10.7. The fourth-order valence-electron chi connectivity index (χ4n) is 2.41. The molecule has 0 aliphatic rings. The zero-order valence-corrected chi connectivity index (χ0v) is 12.4. The predicted molar refractivity (Wildman–Crippen MR) is 85.4 cm³/mol. The topological polar surface area (TPSA) is 33.8 Å². The molecule has 3 heteroatoms. The number of Topliss-reactive ketones (excluding diaryl/α,β-unsaturated/α-hetero) is 1. The Morgan fingerprint density at radius 2 is 1.77 bits per heavy atom. The van der Waals surface area contributed by atoms with E-state index in [1.807, 2.05) is 65.5 Å². The van der Waals surface area contributed by atoms with Gasteiger partial charge in [0.05, 0.1) is 6.20 Å². The molecule has 0 atom stereocenters. The molecule has 0 saturated heterocycles. The van der Waals surface area contributed by atoms with E-state index in [1.54, 1.807) is 6.20 Å². The number of aromatic nitrogens is 2. The average Bonchev–Trinajstić information content (AvgIpc) is 2.56. The van der Waals surface area contributed by atoms with Crippen LogP contribution in [-0.4, -0.2) is 10.8 Å². The van der Waals surface area contributed by atoms with Gasteiger partial charge in [-0.15, -0.1) is 0 Å². The maximum Gasteiger partial charge on any atom is 0.227 e. The van der Waals surface area contributed by atoms with Crippen LogP contribution in [0, 0.1) is 6.92 Å². The lowest BCUT2D eigenvalue weighted by Gasteiger charge is -2.04. The van der Waals surface area contributed by atoms with Crippen LogP contribution in [0.25, 0.3) is 11.3 Å². The molecule has 0 N–H and O–H groups in total. The largest absolute Gasteiger partial charge is 0.287 e. The van der Waals surface area contributed by atoms with Crippen LogP contribution in [0.5, 0.6) is 0 Å². The first-order valence-corrected chi connectivity index (χ1v) is 7.23. The Balaban J connectivity index is 1.86. The third-order valence-corrected chi connectivity index (χ3v) is 3.60. The van der Waals surface area contributed by atoms with Gasteiger partial charge in [-0.1, -0.05) is 54.6 Å². The molecular formula is C19H17N2O+. The fourth-order valence-corrected chi connectivity index (χ4v) is 2.41. The summed E-state index contributed by atoms with van der Waals surface area (Å²) in [5, 5.41) is 0. The van der Waals surface area contributed by atoms with Crippen LogP contribution in [0.2, 0.25) is 0 Å². The van der Waals surface area contributed by atoms with Crippen LogP contribution in [0.15, 0.2) is 73.2 Å². The van der Waals surface area contributed by atoms with Crippen molar-refractivity contribution in [1.82, 2.24) is 4.98 Å². The molecule has 0 bridgehead atoms. The van der Waals surface area contributed by atoms with Gasteiger partial charge in [0.2, 0.25) is 12.3 Å². The number of benzene rings is 2. The molecule has 0 amide bonds. The molecule has 0 radical (unpaired) electrons. The van der Waals surface area contributed by atoms with Gasteiger partial charge < -0.3 is 0 Å². The summed E-state index contributed by atoms with van der Waals surface area (Å²) in [6.45, 7) is 2.37. The quantitative estimate of drug-likeness (QED) is 0.546. The Labute approximate surface area is 129 Å². The van der Waals surface area contributed by atoms with Crippen molar-refractivity contribution < 1.29 is 9.36 Å². The molecule has 0 aliphatic carbocycles. The number of rotatable bonds is 4. The van der Waals surface area contributed by atoms with Crippen molar-refractivity contribution in [3.05, 3.63) is 84.3 Å². The number of carbonyl (C=O) groups is 1. The van der Waals surface area contributed by atoms with Gasteiger partial charge >= 0.3 is 0 Å². The Kier molecular flexibility index (Phi) is 4.05. The van der Waals surface area contributed by atoms with Crippen LogP contribution in [0.3, 0.4) is 0 Å². The van der Waals surface area contributed by atoms with E-state index in [-0.39, 0.29) is 5.78 Å². The number of hydrogen-bond donors (Lipinski definition) is 0. The molecule has 0 unspecified atom stereocenters. The minimum atomic E-state index is 0.0903. The summed E-state index contributed by atoms with van der Waals surface area (Å²) in [6.07, 6.45) is 5.48. The van der Waals surface area contributed by atoms with Crippen molar-refractivity contribution in [1.29, 1.82) is 0 Å². The standard InChI is InChI=1S/C19H17N2O/c1-15-7-5-6-10-17(15)18-13-21(12-11-20-18)14-19(22)16-8-3-2-4-9-16/h2-13H,14H2,1H3/q+1. The Bertz CT molecular complexity index is 797. The van der Waals surface area contributed by atoms with E-state index in [1.165, 1.54) is 5.56 Å². The van der Waals surface area contributed by atoms with Crippen molar-refractivity contribution in [2.24, 2.45) is 0 Å². The lowest BCUT2D eigenvalue weighted by Crippen LogP contribution is -2.37. The first kappa shape index (κ1) is 14.1. The van der Waals surface area contributed by atoms with E-state index in [2.05, 4.69) is 18.0 Å². The fraction of sp³-hybridized carbons (Fsp3) is 0.105. The molecule has 2 aromatic carbocycles. The maximum atomic E-state index is 12.3. The van der Waals surface area contributed by atoms with E-state index in [4.69, 9.17) is 0 Å². The van der Waals surface area contributed by atoms with Gasteiger partial charge in [0.25, 0.3) is 0 Å². The molecular weight excluding hydrogens is 272 g/mol. The molecule has 1 aromatic heterocycles. The smallest absolute Gasteiger partial charge is 0.227 e. The summed E-state index contributed by atoms with van der Waals surface area (Å²) in [4.78, 5) is 16.7. The minimum Gasteiger partial charge on any atom is -0.287 e. The molecule has 0 spiro atoms. The SMILES string of the molecule is Cc1ccccc1-c1c[n+](CC(=O)c2ccccc2)ccn1. The van der Waals surface area contributed by atoms with Crippen LogP contribution >= 0.6 is 0 Å². The molecule has 0 saturated carbocycles. The molecule has 22 heavy (non-hydrogen) atoms. The summed E-state index contributed by atoms with van der Waals surface area (Å²) in [6, 6.07) is 17.5. The van der Waals surface area contributed by atoms with Gasteiger partial charge in [0, 0.05) is 11.1 Å². The van der Waals surface area contributed by atoms with Crippen molar-refractivity contribution >= 4 is 5.78 Å².